The van der Waals surface area contributed by atoms with Crippen LogP contribution in [0.3, 0.4) is 0 Å². The Morgan fingerprint density at radius 1 is 0.882 bits per heavy atom. The molecule has 0 fully saturated rings. The van der Waals surface area contributed by atoms with Gasteiger partial charge in [0, 0.05) is 0 Å². The minimum Gasteiger partial charge on any atom is -0.219 e. The first-order chi connectivity index (χ1) is 8.19. The molecular weight excluding hydrogens is 220 g/mol. The normalized spacial score (nSPS) is 10.2. The lowest BCUT2D eigenvalue weighted by molar-refractivity contribution is -0.611. The molecule has 0 heterocycles. The Hall–Kier alpha value is -1.46. The lowest BCUT2D eigenvalue weighted by atomic mass is 9.99. The highest BCUT2D eigenvalue weighted by Gasteiger charge is 1.99. The molecule has 0 atom stereocenters. The van der Waals surface area contributed by atoms with Gasteiger partial charge in [0.1, 0.15) is 0 Å². The molecule has 0 saturated heterocycles. The average Bonchev–Trinajstić information content (AvgIpc) is 2.38. The topological polar surface area (TPSA) is 58.9 Å². The van der Waals surface area contributed by atoms with Gasteiger partial charge in [-0.2, -0.15) is 0 Å². The number of benzene rings is 2. The first-order valence-corrected chi connectivity index (χ1v) is 5.29. The zero-order valence-electron chi connectivity index (χ0n) is 9.83. The van der Waals surface area contributed by atoms with Crippen LogP contribution in [-0.4, -0.2) is 10.5 Å². The van der Waals surface area contributed by atoms with Crippen molar-refractivity contribution in [1.82, 2.24) is 0 Å². The number of hydrogen-bond donors (Lipinski definition) is 2. The van der Waals surface area contributed by atoms with Crippen LogP contribution in [0, 0.1) is 0 Å². The highest BCUT2D eigenvalue weighted by atomic mass is 17.6. The van der Waals surface area contributed by atoms with E-state index in [2.05, 4.69) is 66.4 Å². The quantitative estimate of drug-likeness (QED) is 0.614. The fourth-order valence-corrected chi connectivity index (χ4v) is 1.57. The van der Waals surface area contributed by atoms with E-state index in [1.807, 2.05) is 0 Å². The van der Waals surface area contributed by atoms with Gasteiger partial charge in [-0.3, -0.25) is 0 Å². The molecule has 4 nitrogen and oxygen atoms in total. The molecule has 0 unspecified atom stereocenters. The molecule has 92 valence electrons. The van der Waals surface area contributed by atoms with Gasteiger partial charge in [0.15, 0.2) is 0 Å². The van der Waals surface area contributed by atoms with Crippen molar-refractivity contribution in [1.29, 1.82) is 0 Å². The molecule has 0 spiro atoms. The summed E-state index contributed by atoms with van der Waals surface area (Å²) in [5.74, 6) is 0.615. The van der Waals surface area contributed by atoms with Crippen LogP contribution < -0.4 is 0 Å². The fourth-order valence-electron chi connectivity index (χ4n) is 1.57. The van der Waals surface area contributed by atoms with Gasteiger partial charge >= 0.3 is 0 Å². The lowest BCUT2D eigenvalue weighted by Gasteiger charge is -2.06. The van der Waals surface area contributed by atoms with Crippen LogP contribution in [-0.2, 0) is 10.1 Å². The molecule has 0 aliphatic carbocycles. The molecule has 0 aliphatic rings. The summed E-state index contributed by atoms with van der Waals surface area (Å²) in [7, 11) is 0. The van der Waals surface area contributed by atoms with E-state index in [-0.39, 0.29) is 0 Å². The van der Waals surface area contributed by atoms with Gasteiger partial charge in [-0.15, -0.1) is 0 Å². The molecule has 0 saturated carbocycles. The van der Waals surface area contributed by atoms with E-state index in [0.717, 1.165) is 0 Å². The van der Waals surface area contributed by atoms with E-state index in [9.17, 15) is 0 Å². The summed E-state index contributed by atoms with van der Waals surface area (Å²) >= 11 is 0. The molecule has 0 aliphatic heterocycles. The Morgan fingerprint density at radius 3 is 2.00 bits per heavy atom. The van der Waals surface area contributed by atoms with Crippen LogP contribution in [0.2, 0.25) is 0 Å². The second-order valence-electron chi connectivity index (χ2n) is 3.91. The van der Waals surface area contributed by atoms with Crippen molar-refractivity contribution in [3.63, 3.8) is 0 Å². The number of rotatable bonds is 2. The van der Waals surface area contributed by atoms with Gasteiger partial charge in [-0.25, -0.2) is 10.5 Å². The Morgan fingerprint density at radius 2 is 1.47 bits per heavy atom. The van der Waals surface area contributed by atoms with Gasteiger partial charge in [-0.05, 0) is 32.3 Å². The van der Waals surface area contributed by atoms with Crippen molar-refractivity contribution >= 4 is 10.8 Å². The van der Waals surface area contributed by atoms with Crippen LogP contribution in [0.1, 0.15) is 25.3 Å². The largest absolute Gasteiger partial charge is 0.219 e. The zero-order chi connectivity index (χ0) is 12.7. The van der Waals surface area contributed by atoms with Gasteiger partial charge in [0.2, 0.25) is 0 Å². The van der Waals surface area contributed by atoms with E-state index in [0.29, 0.717) is 5.92 Å². The summed E-state index contributed by atoms with van der Waals surface area (Å²) in [6, 6.07) is 15.2. The predicted octanol–water partition coefficient (Wildman–Crippen LogP) is 3.84. The second kappa shape index (κ2) is 6.98. The molecule has 17 heavy (non-hydrogen) atoms. The van der Waals surface area contributed by atoms with Crippen molar-refractivity contribution in [3.05, 3.63) is 48.0 Å². The average molecular weight is 236 g/mol. The van der Waals surface area contributed by atoms with Gasteiger partial charge in [0.25, 0.3) is 0 Å². The standard InChI is InChI=1S/C13H14.H2O4/c1-10(2)12-8-7-11-5-3-4-6-13(11)9-12;1-3-4-2/h3-10H,1-2H3;1-2H. The highest BCUT2D eigenvalue weighted by molar-refractivity contribution is 5.83. The summed E-state index contributed by atoms with van der Waals surface area (Å²) in [5, 5.41) is 21.7. The van der Waals surface area contributed by atoms with Crippen molar-refractivity contribution in [2.45, 2.75) is 19.8 Å². The molecule has 0 amide bonds. The number of fused-ring (bicyclic) bond motifs is 1. The Kier molecular flexibility index (Phi) is 5.59. The number of hydrogen-bond acceptors (Lipinski definition) is 4. The van der Waals surface area contributed by atoms with Crippen molar-refractivity contribution in [2.24, 2.45) is 0 Å². The fraction of sp³-hybridized carbons (Fsp3) is 0.231. The minimum atomic E-state index is 0.615. The second-order valence-corrected chi connectivity index (χ2v) is 3.91. The molecule has 2 aromatic carbocycles. The van der Waals surface area contributed by atoms with Gasteiger partial charge in [0.05, 0.1) is 0 Å². The van der Waals surface area contributed by atoms with Crippen LogP contribution >= 0.6 is 0 Å². The van der Waals surface area contributed by atoms with E-state index >= 15 is 0 Å². The van der Waals surface area contributed by atoms with Crippen molar-refractivity contribution in [2.75, 3.05) is 0 Å². The maximum Gasteiger partial charge on any atom is -0.0181 e. The third kappa shape index (κ3) is 4.13. The highest BCUT2D eigenvalue weighted by Crippen LogP contribution is 2.20. The summed E-state index contributed by atoms with van der Waals surface area (Å²) in [6.07, 6.45) is 0. The van der Waals surface area contributed by atoms with Crippen LogP contribution in [0.25, 0.3) is 10.8 Å². The van der Waals surface area contributed by atoms with E-state index in [4.69, 9.17) is 10.5 Å². The molecule has 0 radical (unpaired) electrons. The minimum absolute atomic E-state index is 0.615. The molecule has 0 bridgehead atoms. The molecule has 2 N–H and O–H groups in total. The summed E-state index contributed by atoms with van der Waals surface area (Å²) in [6.45, 7) is 4.45. The third-order valence-corrected chi connectivity index (χ3v) is 2.47. The Bertz CT molecular complexity index is 452. The van der Waals surface area contributed by atoms with E-state index in [1.54, 1.807) is 0 Å². The predicted molar refractivity (Wildman–Crippen MR) is 65.5 cm³/mol. The maximum absolute atomic E-state index is 6.90. The molecule has 2 rings (SSSR count). The van der Waals surface area contributed by atoms with Crippen LogP contribution in [0.5, 0.6) is 0 Å². The Balaban J connectivity index is 0.000000317. The summed E-state index contributed by atoms with van der Waals surface area (Å²) < 4.78 is 0. The summed E-state index contributed by atoms with van der Waals surface area (Å²) in [4.78, 5) is 0. The summed E-state index contributed by atoms with van der Waals surface area (Å²) in [5.41, 5.74) is 1.42. The van der Waals surface area contributed by atoms with E-state index in [1.165, 1.54) is 16.3 Å². The van der Waals surface area contributed by atoms with E-state index < -0.39 is 0 Å². The zero-order valence-corrected chi connectivity index (χ0v) is 9.83. The molecular formula is C13H16O4. The molecule has 4 heteroatoms. The maximum atomic E-state index is 6.90. The SMILES string of the molecule is CC(C)c1ccc2ccccc2c1.OOOO. The molecule has 2 aromatic rings. The lowest BCUT2D eigenvalue weighted by Crippen LogP contribution is -1.85. The Labute approximate surface area is 99.8 Å². The van der Waals surface area contributed by atoms with Crippen molar-refractivity contribution < 1.29 is 20.6 Å². The van der Waals surface area contributed by atoms with Gasteiger partial charge < -0.3 is 0 Å². The van der Waals surface area contributed by atoms with Gasteiger partial charge in [-0.1, -0.05) is 56.3 Å². The van der Waals surface area contributed by atoms with Crippen molar-refractivity contribution in [3.8, 4) is 0 Å². The third-order valence-electron chi connectivity index (χ3n) is 2.47. The first kappa shape index (κ1) is 13.6. The monoisotopic (exact) mass is 236 g/mol. The smallest absolute Gasteiger partial charge is 0.0181 e. The molecule has 0 aromatic heterocycles. The van der Waals surface area contributed by atoms with Crippen LogP contribution in [0.4, 0.5) is 0 Å². The van der Waals surface area contributed by atoms with Crippen LogP contribution in [0.15, 0.2) is 42.5 Å². The first-order valence-electron chi connectivity index (χ1n) is 5.29.